The first kappa shape index (κ1) is 20.1. The summed E-state index contributed by atoms with van der Waals surface area (Å²) in [5, 5.41) is 0. The summed E-state index contributed by atoms with van der Waals surface area (Å²) in [6.07, 6.45) is 0. The van der Waals surface area contributed by atoms with E-state index in [1.807, 2.05) is 83.8 Å². The van der Waals surface area contributed by atoms with Gasteiger partial charge in [0.1, 0.15) is 0 Å². The maximum atomic E-state index is 13.4. The van der Waals surface area contributed by atoms with Gasteiger partial charge in [0.15, 0.2) is 5.78 Å². The molecule has 4 nitrogen and oxygen atoms in total. The summed E-state index contributed by atoms with van der Waals surface area (Å²) in [5.74, 6) is -0.531. The molecule has 0 saturated carbocycles. The van der Waals surface area contributed by atoms with Crippen LogP contribution in [0.2, 0.25) is 0 Å². The van der Waals surface area contributed by atoms with E-state index in [4.69, 9.17) is 4.74 Å². The second-order valence-electron chi connectivity index (χ2n) is 6.89. The minimum absolute atomic E-state index is 0.0901. The number of benzene rings is 4. The summed E-state index contributed by atoms with van der Waals surface area (Å²) in [6.45, 7) is 0. The molecule has 0 aliphatic heterocycles. The van der Waals surface area contributed by atoms with Crippen molar-refractivity contribution in [2.24, 2.45) is 0 Å². The van der Waals surface area contributed by atoms with E-state index in [-0.39, 0.29) is 5.78 Å². The van der Waals surface area contributed by atoms with Gasteiger partial charge in [0.25, 0.3) is 0 Å². The van der Waals surface area contributed by atoms with Crippen LogP contribution in [0, 0.1) is 0 Å². The second kappa shape index (κ2) is 9.09. The lowest BCUT2D eigenvalue weighted by atomic mass is 9.99. The average molecular weight is 407 g/mol. The van der Waals surface area contributed by atoms with Gasteiger partial charge in [0, 0.05) is 16.8 Å². The molecule has 4 aromatic rings. The van der Waals surface area contributed by atoms with Crippen molar-refractivity contribution < 1.29 is 14.3 Å². The Morgan fingerprint density at radius 1 is 0.613 bits per heavy atom. The third-order valence-corrected chi connectivity index (χ3v) is 4.99. The summed E-state index contributed by atoms with van der Waals surface area (Å²) in [4.78, 5) is 27.8. The van der Waals surface area contributed by atoms with Gasteiger partial charge in [-0.3, -0.25) is 4.79 Å². The van der Waals surface area contributed by atoms with Crippen LogP contribution in [0.15, 0.2) is 109 Å². The lowest BCUT2D eigenvalue weighted by molar-refractivity contribution is 0.0601. The van der Waals surface area contributed by atoms with Gasteiger partial charge in [0.05, 0.1) is 24.0 Å². The van der Waals surface area contributed by atoms with Crippen molar-refractivity contribution in [3.05, 3.63) is 126 Å². The molecule has 0 N–H and O–H groups in total. The lowest BCUT2D eigenvalue weighted by Crippen LogP contribution is -2.18. The molecule has 0 radical (unpaired) electrons. The van der Waals surface area contributed by atoms with Crippen molar-refractivity contribution in [3.63, 3.8) is 0 Å². The van der Waals surface area contributed by atoms with Gasteiger partial charge in [-0.25, -0.2) is 4.79 Å². The van der Waals surface area contributed by atoms with Gasteiger partial charge in [-0.15, -0.1) is 0 Å². The van der Waals surface area contributed by atoms with Gasteiger partial charge >= 0.3 is 5.97 Å². The van der Waals surface area contributed by atoms with Crippen molar-refractivity contribution in [1.82, 2.24) is 0 Å². The topological polar surface area (TPSA) is 46.6 Å². The molecule has 0 amide bonds. The van der Waals surface area contributed by atoms with Gasteiger partial charge < -0.3 is 9.64 Å². The SMILES string of the molecule is COC(=O)c1ccccc1N(c1ccccc1)c1ccccc1C(=O)c1ccccc1. The number of ether oxygens (including phenoxy) is 1. The Kier molecular flexibility index (Phi) is 5.90. The second-order valence-corrected chi connectivity index (χ2v) is 6.89. The van der Waals surface area contributed by atoms with Crippen LogP contribution in [0.25, 0.3) is 0 Å². The molecule has 0 bridgehead atoms. The quantitative estimate of drug-likeness (QED) is 0.283. The largest absolute Gasteiger partial charge is 0.465 e. The zero-order chi connectivity index (χ0) is 21.6. The maximum absolute atomic E-state index is 13.4. The van der Waals surface area contributed by atoms with E-state index < -0.39 is 5.97 Å². The molecular formula is C27H21NO3. The van der Waals surface area contributed by atoms with E-state index in [1.165, 1.54) is 7.11 Å². The van der Waals surface area contributed by atoms with Gasteiger partial charge in [0.2, 0.25) is 0 Å². The average Bonchev–Trinajstić information content (AvgIpc) is 2.85. The molecule has 4 rings (SSSR count). The fourth-order valence-electron chi connectivity index (χ4n) is 3.54. The number of para-hydroxylation sites is 3. The monoisotopic (exact) mass is 407 g/mol. The van der Waals surface area contributed by atoms with E-state index in [1.54, 1.807) is 30.3 Å². The number of nitrogens with zero attached hydrogens (tertiary/aromatic N) is 1. The Morgan fingerprint density at radius 2 is 1.10 bits per heavy atom. The Labute approximate surface area is 181 Å². The molecule has 152 valence electrons. The van der Waals surface area contributed by atoms with E-state index >= 15 is 0 Å². The number of hydrogen-bond acceptors (Lipinski definition) is 4. The summed E-state index contributed by atoms with van der Waals surface area (Å²) in [7, 11) is 1.36. The third-order valence-electron chi connectivity index (χ3n) is 4.99. The molecule has 4 heteroatoms. The van der Waals surface area contributed by atoms with E-state index in [2.05, 4.69) is 0 Å². The van der Waals surface area contributed by atoms with Crippen molar-refractivity contribution >= 4 is 28.8 Å². The molecule has 0 saturated heterocycles. The van der Waals surface area contributed by atoms with E-state index in [0.29, 0.717) is 28.1 Å². The van der Waals surface area contributed by atoms with Crippen LogP contribution in [-0.4, -0.2) is 18.9 Å². The Hall–Kier alpha value is -4.18. The van der Waals surface area contributed by atoms with Crippen molar-refractivity contribution in [2.75, 3.05) is 12.0 Å². The number of esters is 1. The number of ketones is 1. The number of rotatable bonds is 6. The highest BCUT2D eigenvalue weighted by atomic mass is 16.5. The number of carbonyl (C=O) groups is 2. The molecular weight excluding hydrogens is 386 g/mol. The van der Waals surface area contributed by atoms with Gasteiger partial charge in [-0.05, 0) is 36.4 Å². The lowest BCUT2D eigenvalue weighted by Gasteiger charge is -2.28. The Bertz CT molecular complexity index is 1200. The van der Waals surface area contributed by atoms with Gasteiger partial charge in [-0.1, -0.05) is 72.8 Å². The zero-order valence-electron chi connectivity index (χ0n) is 17.1. The summed E-state index contributed by atoms with van der Waals surface area (Å²) in [5.41, 5.74) is 3.69. The van der Waals surface area contributed by atoms with E-state index in [0.717, 1.165) is 5.69 Å². The number of methoxy groups -OCH3 is 1. The molecule has 0 spiro atoms. The van der Waals surface area contributed by atoms with Crippen LogP contribution in [0.4, 0.5) is 17.1 Å². The number of anilines is 3. The minimum atomic E-state index is -0.441. The first-order chi connectivity index (χ1) is 15.2. The highest BCUT2D eigenvalue weighted by Gasteiger charge is 2.24. The van der Waals surface area contributed by atoms with Crippen molar-refractivity contribution in [3.8, 4) is 0 Å². The Balaban J connectivity index is 1.94. The summed E-state index contributed by atoms with van der Waals surface area (Å²) < 4.78 is 5.01. The molecule has 0 fully saturated rings. The summed E-state index contributed by atoms with van der Waals surface area (Å²) >= 11 is 0. The number of carbonyl (C=O) groups excluding carboxylic acids is 2. The molecule has 0 aromatic heterocycles. The molecule has 0 aliphatic carbocycles. The van der Waals surface area contributed by atoms with Crippen LogP contribution in [-0.2, 0) is 4.74 Å². The zero-order valence-corrected chi connectivity index (χ0v) is 17.1. The van der Waals surface area contributed by atoms with Crippen LogP contribution in [0.5, 0.6) is 0 Å². The molecule has 0 unspecified atom stereocenters. The molecule has 0 heterocycles. The highest BCUT2D eigenvalue weighted by Crippen LogP contribution is 2.39. The van der Waals surface area contributed by atoms with Crippen LogP contribution >= 0.6 is 0 Å². The fourth-order valence-corrected chi connectivity index (χ4v) is 3.54. The normalized spacial score (nSPS) is 10.4. The predicted molar refractivity (Wildman–Crippen MR) is 122 cm³/mol. The molecule has 31 heavy (non-hydrogen) atoms. The Morgan fingerprint density at radius 3 is 1.71 bits per heavy atom. The summed E-state index contributed by atoms with van der Waals surface area (Å²) in [6, 6.07) is 33.5. The number of hydrogen-bond donors (Lipinski definition) is 0. The predicted octanol–water partition coefficient (Wildman–Crippen LogP) is 6.17. The molecule has 0 aliphatic rings. The smallest absolute Gasteiger partial charge is 0.339 e. The first-order valence-corrected chi connectivity index (χ1v) is 9.92. The third kappa shape index (κ3) is 4.09. The standard InChI is InChI=1S/C27H21NO3/c1-31-27(30)23-17-9-11-19-25(23)28(21-14-6-3-7-15-21)24-18-10-8-16-22(24)26(29)20-12-4-2-5-13-20/h2-19H,1H3. The highest BCUT2D eigenvalue weighted by molar-refractivity contribution is 6.13. The van der Waals surface area contributed by atoms with Crippen LogP contribution in [0.1, 0.15) is 26.3 Å². The van der Waals surface area contributed by atoms with Crippen molar-refractivity contribution in [2.45, 2.75) is 0 Å². The van der Waals surface area contributed by atoms with Gasteiger partial charge in [-0.2, -0.15) is 0 Å². The van der Waals surface area contributed by atoms with Crippen molar-refractivity contribution in [1.29, 1.82) is 0 Å². The van der Waals surface area contributed by atoms with Crippen LogP contribution < -0.4 is 4.90 Å². The molecule has 0 atom stereocenters. The minimum Gasteiger partial charge on any atom is -0.465 e. The fraction of sp³-hybridized carbons (Fsp3) is 0.0370. The van der Waals surface area contributed by atoms with Crippen LogP contribution in [0.3, 0.4) is 0 Å². The van der Waals surface area contributed by atoms with E-state index in [9.17, 15) is 9.59 Å². The molecule has 4 aromatic carbocycles. The maximum Gasteiger partial charge on any atom is 0.339 e. The first-order valence-electron chi connectivity index (χ1n) is 9.92.